The number of rotatable bonds is 4. The van der Waals surface area contributed by atoms with Gasteiger partial charge in [-0.05, 0) is 18.1 Å². The first-order valence-corrected chi connectivity index (χ1v) is 4.29. The second kappa shape index (κ2) is 7.26. The molecule has 4 nitrogen and oxygen atoms in total. The Kier molecular flexibility index (Phi) is 6.66. The molecule has 0 aliphatic heterocycles. The van der Waals surface area contributed by atoms with E-state index in [1.165, 1.54) is 0 Å². The maximum Gasteiger partial charge on any atom is 0.312 e. The zero-order valence-corrected chi connectivity index (χ0v) is 8.78. The molecule has 0 fully saturated rings. The van der Waals surface area contributed by atoms with Crippen LogP contribution in [0.4, 0.5) is 0 Å². The predicted octanol–water partition coefficient (Wildman–Crippen LogP) is -2.67. The maximum atomic E-state index is 11.0. The van der Waals surface area contributed by atoms with Gasteiger partial charge in [0.1, 0.15) is 6.42 Å². The van der Waals surface area contributed by atoms with Crippen molar-refractivity contribution in [2.75, 3.05) is 6.61 Å². The number of halogens is 1. The van der Waals surface area contributed by atoms with Gasteiger partial charge in [-0.15, -0.1) is 0 Å². The number of aromatic nitrogens is 2. The molecular formula is C9H13ClN2O2. The normalized spacial score (nSPS) is 8.93. The van der Waals surface area contributed by atoms with E-state index in [1.807, 2.05) is 18.3 Å². The highest BCUT2D eigenvalue weighted by Gasteiger charge is 2.06. The Labute approximate surface area is 89.3 Å². The van der Waals surface area contributed by atoms with Crippen LogP contribution in [0.25, 0.3) is 0 Å². The van der Waals surface area contributed by atoms with Crippen LogP contribution in [0.1, 0.15) is 13.3 Å². The Morgan fingerprint density at radius 1 is 1.50 bits per heavy atom. The molecule has 5 heteroatoms. The van der Waals surface area contributed by atoms with Crippen LogP contribution in [0.2, 0.25) is 0 Å². The first kappa shape index (κ1) is 12.8. The van der Waals surface area contributed by atoms with Crippen LogP contribution >= 0.6 is 0 Å². The van der Waals surface area contributed by atoms with Gasteiger partial charge in [-0.3, -0.25) is 4.79 Å². The lowest BCUT2D eigenvalue weighted by Crippen LogP contribution is -3.00. The van der Waals surface area contributed by atoms with E-state index in [4.69, 9.17) is 4.74 Å². The molecule has 0 aliphatic rings. The van der Waals surface area contributed by atoms with Crippen molar-refractivity contribution in [3.63, 3.8) is 0 Å². The Morgan fingerprint density at radius 3 is 2.86 bits per heavy atom. The Morgan fingerprint density at radius 2 is 2.29 bits per heavy atom. The Balaban J connectivity index is 0.00000169. The lowest BCUT2D eigenvalue weighted by molar-refractivity contribution is -0.753. The molecule has 0 amide bonds. The number of carbonyl (C=O) groups is 1. The molecule has 0 aliphatic carbocycles. The fourth-order valence-corrected chi connectivity index (χ4v) is 0.933. The molecule has 0 saturated carbocycles. The summed E-state index contributed by atoms with van der Waals surface area (Å²) in [5, 5.41) is 4.02. The number of nitrogens with zero attached hydrogens (tertiary/aromatic N) is 2. The van der Waals surface area contributed by atoms with Gasteiger partial charge < -0.3 is 17.1 Å². The third-order valence-corrected chi connectivity index (χ3v) is 1.52. The minimum absolute atomic E-state index is 0. The SMILES string of the molecule is CCOC(=O)CC[n+]1ccccn1.[Cl-]. The van der Waals surface area contributed by atoms with Crippen molar-refractivity contribution < 1.29 is 26.6 Å². The summed E-state index contributed by atoms with van der Waals surface area (Å²) in [6, 6.07) is 3.71. The summed E-state index contributed by atoms with van der Waals surface area (Å²) in [6.07, 6.45) is 3.87. The predicted molar refractivity (Wildman–Crippen MR) is 45.7 cm³/mol. The van der Waals surface area contributed by atoms with E-state index in [-0.39, 0.29) is 18.4 Å². The Hall–Kier alpha value is -1.16. The molecule has 14 heavy (non-hydrogen) atoms. The van der Waals surface area contributed by atoms with Gasteiger partial charge in [-0.2, -0.15) is 0 Å². The Bertz CT molecular complexity index is 267. The van der Waals surface area contributed by atoms with Crippen LogP contribution in [0, 0.1) is 0 Å². The van der Waals surface area contributed by atoms with Gasteiger partial charge in [0.05, 0.1) is 12.8 Å². The van der Waals surface area contributed by atoms with E-state index in [2.05, 4.69) is 5.10 Å². The summed E-state index contributed by atoms with van der Waals surface area (Å²) < 4.78 is 6.49. The number of carbonyl (C=O) groups excluding carboxylic acids is 1. The number of hydrogen-bond donors (Lipinski definition) is 0. The fraction of sp³-hybridized carbons (Fsp3) is 0.444. The average Bonchev–Trinajstić information content (AvgIpc) is 2.17. The van der Waals surface area contributed by atoms with E-state index in [1.54, 1.807) is 17.8 Å². The van der Waals surface area contributed by atoms with Crippen LogP contribution in [0.3, 0.4) is 0 Å². The van der Waals surface area contributed by atoms with Crippen LogP contribution < -0.4 is 17.1 Å². The minimum Gasteiger partial charge on any atom is -1.00 e. The first-order valence-electron chi connectivity index (χ1n) is 4.29. The van der Waals surface area contributed by atoms with E-state index in [0.717, 1.165) is 0 Å². The molecule has 0 aromatic carbocycles. The molecule has 1 rings (SSSR count). The zero-order chi connectivity index (χ0) is 9.52. The highest BCUT2D eigenvalue weighted by molar-refractivity contribution is 5.68. The second-order valence-electron chi connectivity index (χ2n) is 2.52. The van der Waals surface area contributed by atoms with Crippen LogP contribution in [-0.4, -0.2) is 17.7 Å². The summed E-state index contributed by atoms with van der Waals surface area (Å²) in [5.74, 6) is -0.180. The van der Waals surface area contributed by atoms with Gasteiger partial charge in [-0.25, -0.2) is 0 Å². The lowest BCUT2D eigenvalue weighted by atomic mass is 10.4. The van der Waals surface area contributed by atoms with E-state index >= 15 is 0 Å². The molecule has 0 bridgehead atoms. The van der Waals surface area contributed by atoms with Gasteiger partial charge in [0.25, 0.3) is 0 Å². The summed E-state index contributed by atoms with van der Waals surface area (Å²) in [6.45, 7) is 2.80. The van der Waals surface area contributed by atoms with Gasteiger partial charge in [0.15, 0.2) is 12.7 Å². The van der Waals surface area contributed by atoms with E-state index in [0.29, 0.717) is 19.6 Å². The highest BCUT2D eigenvalue weighted by Crippen LogP contribution is 1.85. The topological polar surface area (TPSA) is 43.1 Å². The fourth-order valence-electron chi connectivity index (χ4n) is 0.933. The molecule has 0 unspecified atom stereocenters. The maximum absolute atomic E-state index is 11.0. The summed E-state index contributed by atoms with van der Waals surface area (Å²) in [5.41, 5.74) is 0. The third kappa shape index (κ3) is 4.77. The van der Waals surface area contributed by atoms with Crippen LogP contribution in [0.5, 0.6) is 0 Å². The third-order valence-electron chi connectivity index (χ3n) is 1.52. The summed E-state index contributed by atoms with van der Waals surface area (Å²) >= 11 is 0. The number of aryl methyl sites for hydroxylation is 1. The van der Waals surface area contributed by atoms with Gasteiger partial charge in [-0.1, -0.05) is 4.68 Å². The molecular weight excluding hydrogens is 204 g/mol. The van der Waals surface area contributed by atoms with Crippen molar-refractivity contribution in [1.29, 1.82) is 0 Å². The molecule has 0 spiro atoms. The van der Waals surface area contributed by atoms with Crippen molar-refractivity contribution in [2.45, 2.75) is 19.9 Å². The minimum atomic E-state index is -0.180. The first-order chi connectivity index (χ1) is 6.33. The van der Waals surface area contributed by atoms with Crippen molar-refractivity contribution in [3.05, 3.63) is 24.5 Å². The van der Waals surface area contributed by atoms with Crippen molar-refractivity contribution in [2.24, 2.45) is 0 Å². The number of esters is 1. The average molecular weight is 217 g/mol. The van der Waals surface area contributed by atoms with Crippen LogP contribution in [0.15, 0.2) is 24.5 Å². The standard InChI is InChI=1S/C9H13N2O2.ClH/c1-2-13-9(12)5-8-11-7-4-3-6-10-11;/h3-4,6-7H,2,5,8H2,1H3;1H/q+1;/p-1. The van der Waals surface area contributed by atoms with Gasteiger partial charge in [0, 0.05) is 6.07 Å². The molecule has 0 radical (unpaired) electrons. The molecule has 0 saturated heterocycles. The quantitative estimate of drug-likeness (QED) is 0.407. The monoisotopic (exact) mass is 216 g/mol. The van der Waals surface area contributed by atoms with Gasteiger partial charge in [0.2, 0.25) is 0 Å². The van der Waals surface area contributed by atoms with Crippen molar-refractivity contribution >= 4 is 5.97 Å². The molecule has 1 aromatic heterocycles. The highest BCUT2D eigenvalue weighted by atomic mass is 35.5. The van der Waals surface area contributed by atoms with Crippen LogP contribution in [-0.2, 0) is 16.1 Å². The smallest absolute Gasteiger partial charge is 0.312 e. The molecule has 1 heterocycles. The van der Waals surface area contributed by atoms with Crippen molar-refractivity contribution in [3.8, 4) is 0 Å². The van der Waals surface area contributed by atoms with Crippen molar-refractivity contribution in [1.82, 2.24) is 5.10 Å². The summed E-state index contributed by atoms with van der Waals surface area (Å²) in [7, 11) is 0. The van der Waals surface area contributed by atoms with Gasteiger partial charge >= 0.3 is 5.97 Å². The molecule has 0 N–H and O–H groups in total. The lowest BCUT2D eigenvalue weighted by Gasteiger charge is -1.97. The summed E-state index contributed by atoms with van der Waals surface area (Å²) in [4.78, 5) is 11.0. The zero-order valence-electron chi connectivity index (χ0n) is 8.02. The second-order valence-corrected chi connectivity index (χ2v) is 2.52. The molecule has 78 valence electrons. The number of ether oxygens (including phenoxy) is 1. The largest absolute Gasteiger partial charge is 1.00 e. The van der Waals surface area contributed by atoms with E-state index < -0.39 is 0 Å². The molecule has 0 atom stereocenters. The molecule has 1 aromatic rings. The number of hydrogen-bond acceptors (Lipinski definition) is 3. The van der Waals surface area contributed by atoms with E-state index in [9.17, 15) is 4.79 Å².